The normalized spacial score (nSPS) is 13.7. The highest BCUT2D eigenvalue weighted by Gasteiger charge is 2.22. The van der Waals surface area contributed by atoms with Crippen LogP contribution in [0.4, 0.5) is 5.69 Å². The molecule has 2 aromatic rings. The molecule has 10 heteroatoms. The zero-order valence-electron chi connectivity index (χ0n) is 15.4. The average Bonchev–Trinajstić information content (AvgIpc) is 3.09. The van der Waals surface area contributed by atoms with Gasteiger partial charge in [-0.05, 0) is 36.5 Å². The Morgan fingerprint density at radius 2 is 2.14 bits per heavy atom. The Labute approximate surface area is 179 Å². The van der Waals surface area contributed by atoms with E-state index >= 15 is 0 Å². The summed E-state index contributed by atoms with van der Waals surface area (Å²) in [6, 6.07) is 5.45. The summed E-state index contributed by atoms with van der Waals surface area (Å²) in [5, 5.41) is 19.9. The minimum Gasteiger partial charge on any atom is -0.493 e. The van der Waals surface area contributed by atoms with E-state index in [1.54, 1.807) is 36.0 Å². The van der Waals surface area contributed by atoms with Gasteiger partial charge in [0.15, 0.2) is 3.95 Å². The van der Waals surface area contributed by atoms with Gasteiger partial charge in [-0.15, -0.1) is 17.1 Å². The van der Waals surface area contributed by atoms with Gasteiger partial charge < -0.3 is 19.8 Å². The van der Waals surface area contributed by atoms with Crippen LogP contribution in [0.1, 0.15) is 11.8 Å². The number of hydrogen-bond acceptors (Lipinski definition) is 8. The molecule has 1 aromatic heterocycles. The molecule has 2 heterocycles. The molecule has 0 amide bonds. The predicted octanol–water partition coefficient (Wildman–Crippen LogP) is 4.25. The van der Waals surface area contributed by atoms with E-state index in [-0.39, 0.29) is 15.8 Å². The van der Waals surface area contributed by atoms with Crippen molar-refractivity contribution < 1.29 is 24.5 Å². The number of anilines is 1. The third kappa shape index (κ3) is 4.80. The first-order valence-corrected chi connectivity index (χ1v) is 10.3. The highest BCUT2D eigenvalue weighted by Crippen LogP contribution is 2.46. The van der Waals surface area contributed by atoms with E-state index in [9.17, 15) is 14.7 Å². The van der Waals surface area contributed by atoms with Crippen LogP contribution in [-0.2, 0) is 16.1 Å². The van der Waals surface area contributed by atoms with E-state index in [0.29, 0.717) is 10.6 Å². The summed E-state index contributed by atoms with van der Waals surface area (Å²) >= 11 is 7.76. The van der Waals surface area contributed by atoms with Crippen LogP contribution in [-0.4, -0.2) is 33.8 Å². The molecule has 0 saturated carbocycles. The Balaban J connectivity index is 1.78. The van der Waals surface area contributed by atoms with Crippen LogP contribution in [0, 0.1) is 3.95 Å². The van der Waals surface area contributed by atoms with E-state index in [1.165, 1.54) is 6.92 Å². The van der Waals surface area contributed by atoms with Crippen molar-refractivity contribution in [1.82, 2.24) is 4.57 Å². The highest BCUT2D eigenvalue weighted by molar-refractivity contribution is 8.03. The topological polar surface area (TPSA) is 92.0 Å². The molecule has 150 valence electrons. The van der Waals surface area contributed by atoms with E-state index < -0.39 is 12.5 Å². The Morgan fingerprint density at radius 3 is 2.83 bits per heavy atom. The van der Waals surface area contributed by atoms with Crippen molar-refractivity contribution >= 4 is 59.0 Å². The van der Waals surface area contributed by atoms with Gasteiger partial charge in [-0.1, -0.05) is 11.8 Å². The molecule has 0 bridgehead atoms. The number of ether oxygens (including phenoxy) is 1. The lowest BCUT2D eigenvalue weighted by Gasteiger charge is -2.13. The molecule has 0 atom stereocenters. The van der Waals surface area contributed by atoms with Crippen molar-refractivity contribution in [3.63, 3.8) is 0 Å². The van der Waals surface area contributed by atoms with Gasteiger partial charge in [0, 0.05) is 31.0 Å². The van der Waals surface area contributed by atoms with Gasteiger partial charge in [0.2, 0.25) is 5.88 Å². The second kappa shape index (κ2) is 8.71. The van der Waals surface area contributed by atoms with Gasteiger partial charge >= 0.3 is 11.9 Å². The molecule has 0 unspecified atom stereocenters. The molecule has 1 aliphatic heterocycles. The summed E-state index contributed by atoms with van der Waals surface area (Å²) < 4.78 is 6.57. The summed E-state index contributed by atoms with van der Waals surface area (Å²) in [5.74, 6) is -1.15. The Morgan fingerprint density at radius 1 is 1.38 bits per heavy atom. The lowest BCUT2D eigenvalue weighted by atomic mass is 10.3. The summed E-state index contributed by atoms with van der Waals surface area (Å²) in [6.45, 7) is 0.968. The van der Waals surface area contributed by atoms with Crippen molar-refractivity contribution in [2.24, 2.45) is 0 Å². The molecule has 3 rings (SSSR count). The Kier molecular flexibility index (Phi) is 6.29. The number of aromatic nitrogens is 1. The van der Waals surface area contributed by atoms with Gasteiger partial charge in [0.25, 0.3) is 0 Å². The first-order chi connectivity index (χ1) is 13.8. The molecular weight excluding hydrogens is 432 g/mol. The van der Waals surface area contributed by atoms with Crippen molar-refractivity contribution in [3.05, 3.63) is 49.9 Å². The van der Waals surface area contributed by atoms with Crippen molar-refractivity contribution in [2.45, 2.75) is 18.4 Å². The fraction of sp³-hybridized carbons (Fsp3) is 0.158. The number of nitrogens with zero attached hydrogens (tertiary/aromatic N) is 2. The number of allylic oxidation sites excluding steroid dienone is 2. The highest BCUT2D eigenvalue weighted by atomic mass is 32.2. The number of rotatable bonds is 5. The minimum atomic E-state index is -1.08. The Hall–Kier alpha value is -2.78. The Bertz CT molecular complexity index is 1140. The van der Waals surface area contributed by atoms with E-state index in [1.807, 2.05) is 24.1 Å². The number of carboxylic acid groups (broad SMARTS) is 1. The number of fused-ring (bicyclic) bond motifs is 1. The van der Waals surface area contributed by atoms with Crippen molar-refractivity contribution in [2.75, 3.05) is 11.9 Å². The van der Waals surface area contributed by atoms with E-state index in [4.69, 9.17) is 22.1 Å². The largest absolute Gasteiger partial charge is 0.493 e. The second-order valence-corrected chi connectivity index (χ2v) is 8.64. The molecule has 1 aliphatic rings. The van der Waals surface area contributed by atoms with Crippen LogP contribution < -0.4 is 9.64 Å². The van der Waals surface area contributed by atoms with Gasteiger partial charge in [-0.2, -0.15) is 0 Å². The SMILES string of the molecule is CC(=O)Oc1ccc2c(c1)N(C)C(=CC=C=Cc1sc(=S)n(CC(=O)O)c1O)S2. The maximum Gasteiger partial charge on any atom is 0.323 e. The van der Waals surface area contributed by atoms with Crippen LogP contribution in [0.3, 0.4) is 0 Å². The molecule has 0 fully saturated rings. The molecule has 0 aliphatic carbocycles. The lowest BCUT2D eigenvalue weighted by molar-refractivity contribution is -0.137. The fourth-order valence-corrected chi connectivity index (χ4v) is 4.78. The second-order valence-electron chi connectivity index (χ2n) is 5.90. The number of carboxylic acids is 1. The van der Waals surface area contributed by atoms with Crippen LogP contribution in [0.2, 0.25) is 0 Å². The van der Waals surface area contributed by atoms with Crippen LogP contribution in [0.15, 0.2) is 46.0 Å². The molecule has 1 aromatic carbocycles. The monoisotopic (exact) mass is 448 g/mol. The van der Waals surface area contributed by atoms with Gasteiger partial charge in [-0.25, -0.2) is 0 Å². The number of carbonyl (C=O) groups is 2. The van der Waals surface area contributed by atoms with Crippen LogP contribution >= 0.6 is 35.3 Å². The van der Waals surface area contributed by atoms with Gasteiger partial charge in [-0.3, -0.25) is 14.2 Å². The number of aromatic hydroxyl groups is 1. The molecule has 2 N–H and O–H groups in total. The van der Waals surface area contributed by atoms with Crippen molar-refractivity contribution in [1.29, 1.82) is 0 Å². The van der Waals surface area contributed by atoms with Crippen molar-refractivity contribution in [3.8, 4) is 11.6 Å². The summed E-state index contributed by atoms with van der Waals surface area (Å²) in [7, 11) is 1.91. The predicted molar refractivity (Wildman–Crippen MR) is 115 cm³/mol. The molecule has 0 radical (unpaired) electrons. The number of thiazole rings is 1. The smallest absolute Gasteiger partial charge is 0.323 e. The maximum atomic E-state index is 11.1. The third-order valence-corrected chi connectivity index (χ3v) is 6.39. The summed E-state index contributed by atoms with van der Waals surface area (Å²) in [4.78, 5) is 25.4. The maximum absolute atomic E-state index is 11.1. The van der Waals surface area contributed by atoms with Gasteiger partial charge in [0.1, 0.15) is 12.3 Å². The number of carbonyl (C=O) groups excluding carboxylic acids is 1. The molecule has 0 saturated heterocycles. The zero-order chi connectivity index (χ0) is 21.1. The fourth-order valence-electron chi connectivity index (χ4n) is 2.55. The number of esters is 1. The molecule has 7 nitrogen and oxygen atoms in total. The zero-order valence-corrected chi connectivity index (χ0v) is 17.9. The van der Waals surface area contributed by atoms with Crippen LogP contribution in [0.25, 0.3) is 6.08 Å². The quantitative estimate of drug-likeness (QED) is 0.304. The first kappa shape index (κ1) is 20.9. The van der Waals surface area contributed by atoms with E-state index in [0.717, 1.165) is 31.5 Å². The number of benzene rings is 1. The van der Waals surface area contributed by atoms with Gasteiger partial charge in [0.05, 0.1) is 15.6 Å². The standard InChI is InChI=1S/C19H16N2O5S3/c1-11(22)26-12-7-8-14-13(9-12)20(2)16(28-14)6-4-3-5-15-18(25)21(10-17(23)24)19(27)29-15/h4-9,25H,10H2,1-2H3,(H,23,24). The average molecular weight is 449 g/mol. The lowest BCUT2D eigenvalue weighted by Crippen LogP contribution is -2.09. The summed E-state index contributed by atoms with van der Waals surface area (Å²) in [5.41, 5.74) is 3.89. The molecule has 0 spiro atoms. The number of thioether (sulfide) groups is 1. The minimum absolute atomic E-state index is 0.186. The molecule has 29 heavy (non-hydrogen) atoms. The molecular formula is C19H16N2O5S3. The number of aliphatic carboxylic acids is 1. The first-order valence-electron chi connectivity index (χ1n) is 8.27. The van der Waals surface area contributed by atoms with E-state index in [2.05, 4.69) is 5.73 Å². The number of hydrogen-bond donors (Lipinski definition) is 2. The summed E-state index contributed by atoms with van der Waals surface area (Å²) in [6.07, 6.45) is 5.11. The van der Waals surface area contributed by atoms with Crippen LogP contribution in [0.5, 0.6) is 11.6 Å². The third-order valence-electron chi connectivity index (χ3n) is 3.82.